The van der Waals surface area contributed by atoms with E-state index in [0.29, 0.717) is 18.8 Å². The van der Waals surface area contributed by atoms with E-state index in [-0.39, 0.29) is 5.97 Å². The predicted molar refractivity (Wildman–Crippen MR) is 74.7 cm³/mol. The molecule has 1 aliphatic heterocycles. The van der Waals surface area contributed by atoms with E-state index in [4.69, 9.17) is 14.2 Å². The molecule has 1 atom stereocenters. The van der Waals surface area contributed by atoms with Crippen LogP contribution >= 0.6 is 15.9 Å². The van der Waals surface area contributed by atoms with E-state index < -0.39 is 5.60 Å². The number of aryl methyl sites for hydroxylation is 1. The number of halogens is 1. The van der Waals surface area contributed by atoms with Gasteiger partial charge in [-0.3, -0.25) is 0 Å². The summed E-state index contributed by atoms with van der Waals surface area (Å²) in [6, 6.07) is 3.76. The summed E-state index contributed by atoms with van der Waals surface area (Å²) in [5.41, 5.74) is 0.119. The maximum atomic E-state index is 12.0. The number of ether oxygens (including phenoxy) is 3. The fourth-order valence-electron chi connectivity index (χ4n) is 2.12. The number of hydrogen-bond donors (Lipinski definition) is 0. The Hall–Kier alpha value is -1.23. The molecule has 1 unspecified atom stereocenters. The van der Waals surface area contributed by atoms with Crippen molar-refractivity contribution in [1.29, 1.82) is 0 Å². The number of carbonyl (C=O) groups is 1. The zero-order valence-electron chi connectivity index (χ0n) is 11.3. The lowest BCUT2D eigenvalue weighted by Crippen LogP contribution is -2.45. The third-order valence-corrected chi connectivity index (χ3v) is 3.82. The highest BCUT2D eigenvalue weighted by atomic mass is 79.9. The Morgan fingerprint density at radius 1 is 1.53 bits per heavy atom. The van der Waals surface area contributed by atoms with Gasteiger partial charge in [-0.2, -0.15) is 0 Å². The van der Waals surface area contributed by atoms with Crippen LogP contribution in [-0.4, -0.2) is 25.3 Å². The van der Waals surface area contributed by atoms with Crippen LogP contribution in [0.4, 0.5) is 0 Å². The molecule has 0 saturated carbocycles. The summed E-state index contributed by atoms with van der Waals surface area (Å²) in [6.07, 6.45) is 1.35. The van der Waals surface area contributed by atoms with Crippen molar-refractivity contribution in [3.63, 3.8) is 0 Å². The van der Waals surface area contributed by atoms with Gasteiger partial charge in [-0.25, -0.2) is 4.79 Å². The zero-order valence-corrected chi connectivity index (χ0v) is 12.9. The summed E-state index contributed by atoms with van der Waals surface area (Å²) in [7, 11) is 1.63. The van der Waals surface area contributed by atoms with Gasteiger partial charge in [0.1, 0.15) is 11.5 Å². The third-order valence-electron chi connectivity index (χ3n) is 3.24. The highest BCUT2D eigenvalue weighted by Crippen LogP contribution is 2.41. The molecule has 0 spiro atoms. The summed E-state index contributed by atoms with van der Waals surface area (Å²) >= 11 is 3.46. The molecule has 0 saturated heterocycles. The first-order valence-electron chi connectivity index (χ1n) is 6.23. The normalized spacial score (nSPS) is 21.3. The van der Waals surface area contributed by atoms with E-state index in [2.05, 4.69) is 15.9 Å². The molecular weight excluding hydrogens is 312 g/mol. The minimum Gasteiger partial charge on any atom is -0.497 e. The van der Waals surface area contributed by atoms with Crippen LogP contribution in [0.25, 0.3) is 0 Å². The van der Waals surface area contributed by atoms with Gasteiger partial charge >= 0.3 is 5.97 Å². The summed E-state index contributed by atoms with van der Waals surface area (Å²) < 4.78 is 17.0. The second-order valence-corrected chi connectivity index (χ2v) is 5.51. The van der Waals surface area contributed by atoms with Gasteiger partial charge in [0, 0.05) is 6.42 Å². The van der Waals surface area contributed by atoms with Crippen molar-refractivity contribution in [3.8, 4) is 11.5 Å². The Kier molecular flexibility index (Phi) is 4.04. The molecule has 0 amide bonds. The van der Waals surface area contributed by atoms with Crippen LogP contribution in [0.3, 0.4) is 0 Å². The minimum absolute atomic E-state index is 0.316. The molecule has 4 nitrogen and oxygen atoms in total. The first kappa shape index (κ1) is 14.2. The first-order chi connectivity index (χ1) is 9.00. The van der Waals surface area contributed by atoms with E-state index in [0.717, 1.165) is 22.2 Å². The quantitative estimate of drug-likeness (QED) is 0.800. The van der Waals surface area contributed by atoms with Gasteiger partial charge in [0.2, 0.25) is 5.60 Å². The van der Waals surface area contributed by atoms with Crippen LogP contribution in [0, 0.1) is 0 Å². The molecule has 1 aromatic carbocycles. The van der Waals surface area contributed by atoms with Gasteiger partial charge in [0.05, 0.1) is 18.2 Å². The lowest BCUT2D eigenvalue weighted by Gasteiger charge is -2.34. The molecule has 0 aromatic heterocycles. The van der Waals surface area contributed by atoms with Crippen LogP contribution in [-0.2, 0) is 16.0 Å². The molecule has 0 N–H and O–H groups in total. The number of methoxy groups -OCH3 is 1. The van der Waals surface area contributed by atoms with E-state index in [1.165, 1.54) is 0 Å². The minimum atomic E-state index is -0.917. The van der Waals surface area contributed by atoms with Crippen molar-refractivity contribution < 1.29 is 19.0 Å². The van der Waals surface area contributed by atoms with Crippen molar-refractivity contribution in [1.82, 2.24) is 0 Å². The molecule has 0 aliphatic carbocycles. The Morgan fingerprint density at radius 2 is 2.26 bits per heavy atom. The number of carbonyl (C=O) groups excluding carboxylic acids is 1. The Balaban J connectivity index is 2.31. The second kappa shape index (κ2) is 5.41. The van der Waals surface area contributed by atoms with Crippen LogP contribution in [0.5, 0.6) is 11.5 Å². The van der Waals surface area contributed by atoms with Gasteiger partial charge in [-0.15, -0.1) is 0 Å². The summed E-state index contributed by atoms with van der Waals surface area (Å²) in [5, 5.41) is 0. The standard InChI is InChI=1S/C14H17BrO4/c1-4-18-13(16)14(2)6-5-9-7-10(17-3)8-11(15)12(9)19-14/h7-8H,4-6H2,1-3H3. The van der Waals surface area contributed by atoms with Crippen molar-refractivity contribution >= 4 is 21.9 Å². The highest BCUT2D eigenvalue weighted by Gasteiger charge is 2.41. The van der Waals surface area contributed by atoms with E-state index >= 15 is 0 Å². The fraction of sp³-hybridized carbons (Fsp3) is 0.500. The molecule has 104 valence electrons. The number of rotatable bonds is 3. The first-order valence-corrected chi connectivity index (χ1v) is 7.02. The number of fused-ring (bicyclic) bond motifs is 1. The lowest BCUT2D eigenvalue weighted by molar-refractivity contribution is -0.161. The molecule has 19 heavy (non-hydrogen) atoms. The van der Waals surface area contributed by atoms with E-state index in [1.54, 1.807) is 21.0 Å². The lowest BCUT2D eigenvalue weighted by atomic mass is 9.92. The maximum Gasteiger partial charge on any atom is 0.350 e. The topological polar surface area (TPSA) is 44.8 Å². The van der Waals surface area contributed by atoms with Gasteiger partial charge in [-0.05, 0) is 53.9 Å². The zero-order chi connectivity index (χ0) is 14.0. The van der Waals surface area contributed by atoms with Crippen LogP contribution < -0.4 is 9.47 Å². The molecule has 0 bridgehead atoms. The van der Waals surface area contributed by atoms with Crippen LogP contribution in [0.15, 0.2) is 16.6 Å². The Labute approximate surface area is 121 Å². The van der Waals surface area contributed by atoms with Gasteiger partial charge in [0.25, 0.3) is 0 Å². The van der Waals surface area contributed by atoms with Crippen LogP contribution in [0.2, 0.25) is 0 Å². The van der Waals surface area contributed by atoms with Gasteiger partial charge in [0.15, 0.2) is 0 Å². The summed E-state index contributed by atoms with van der Waals surface area (Å²) in [5.74, 6) is 1.15. The number of hydrogen-bond acceptors (Lipinski definition) is 4. The monoisotopic (exact) mass is 328 g/mol. The van der Waals surface area contributed by atoms with Crippen molar-refractivity contribution in [2.24, 2.45) is 0 Å². The largest absolute Gasteiger partial charge is 0.497 e. The Morgan fingerprint density at radius 3 is 2.89 bits per heavy atom. The second-order valence-electron chi connectivity index (χ2n) is 4.65. The van der Waals surface area contributed by atoms with Gasteiger partial charge in [-0.1, -0.05) is 0 Å². The molecule has 0 radical (unpaired) electrons. The molecule has 1 aliphatic rings. The smallest absolute Gasteiger partial charge is 0.350 e. The summed E-state index contributed by atoms with van der Waals surface area (Å²) in [4.78, 5) is 12.0. The average Bonchev–Trinajstić information content (AvgIpc) is 2.39. The van der Waals surface area contributed by atoms with Crippen molar-refractivity contribution in [2.45, 2.75) is 32.3 Å². The summed E-state index contributed by atoms with van der Waals surface area (Å²) in [6.45, 7) is 3.91. The van der Waals surface area contributed by atoms with Crippen molar-refractivity contribution in [2.75, 3.05) is 13.7 Å². The predicted octanol–water partition coefficient (Wildman–Crippen LogP) is 3.10. The molecule has 1 aromatic rings. The average molecular weight is 329 g/mol. The molecule has 0 fully saturated rings. The fourth-order valence-corrected chi connectivity index (χ4v) is 2.68. The third kappa shape index (κ3) is 2.71. The van der Waals surface area contributed by atoms with Gasteiger partial charge < -0.3 is 14.2 Å². The van der Waals surface area contributed by atoms with E-state index in [9.17, 15) is 4.79 Å². The highest BCUT2D eigenvalue weighted by molar-refractivity contribution is 9.10. The van der Waals surface area contributed by atoms with Crippen molar-refractivity contribution in [3.05, 3.63) is 22.2 Å². The van der Waals surface area contributed by atoms with Crippen LogP contribution in [0.1, 0.15) is 25.8 Å². The molecular formula is C14H17BrO4. The molecule has 5 heteroatoms. The number of esters is 1. The van der Waals surface area contributed by atoms with E-state index in [1.807, 2.05) is 12.1 Å². The SMILES string of the molecule is CCOC(=O)C1(C)CCc2cc(OC)cc(Br)c2O1. The maximum absolute atomic E-state index is 12.0. The number of benzene rings is 1. The Bertz CT molecular complexity index is 500. The molecule has 1 heterocycles. The molecule has 2 rings (SSSR count).